The average Bonchev–Trinajstić information content (AvgIpc) is 3.21. The highest BCUT2D eigenvalue weighted by molar-refractivity contribution is 8.26. The number of benzene rings is 2. The first-order valence-electron chi connectivity index (χ1n) is 10.4. The molecule has 0 radical (unpaired) electrons. The Balaban J connectivity index is 1.53. The Kier molecular flexibility index (Phi) is 7.19. The van der Waals surface area contributed by atoms with Gasteiger partial charge in [-0.15, -0.1) is 0 Å². The maximum absolute atomic E-state index is 12.6. The van der Waals surface area contributed by atoms with E-state index in [4.69, 9.17) is 40.2 Å². The van der Waals surface area contributed by atoms with E-state index in [9.17, 15) is 4.79 Å². The predicted octanol–water partition coefficient (Wildman–Crippen LogP) is 7.20. The van der Waals surface area contributed by atoms with Gasteiger partial charge in [0.1, 0.15) is 16.7 Å². The van der Waals surface area contributed by atoms with Crippen LogP contribution in [0.2, 0.25) is 10.0 Å². The van der Waals surface area contributed by atoms with Gasteiger partial charge in [0.15, 0.2) is 0 Å². The minimum absolute atomic E-state index is 0.0282. The highest BCUT2D eigenvalue weighted by Gasteiger charge is 2.30. The van der Waals surface area contributed by atoms with E-state index < -0.39 is 0 Å². The van der Waals surface area contributed by atoms with Crippen molar-refractivity contribution in [1.82, 2.24) is 9.47 Å². The first-order chi connectivity index (χ1) is 15.8. The molecule has 1 aromatic heterocycles. The van der Waals surface area contributed by atoms with Crippen LogP contribution < -0.4 is 4.74 Å². The largest absolute Gasteiger partial charge is 0.489 e. The molecule has 1 fully saturated rings. The van der Waals surface area contributed by atoms with Crippen LogP contribution in [0.3, 0.4) is 0 Å². The standard InChI is InChI=1S/C25H22Cl2N2O2S2/c1-4-28-24(30)23(33-25(28)32)12-18-11-15(2)29(16(18)3)20-7-9-21(10-8-20)31-14-17-5-6-19(26)13-22(17)27/h5-13H,4,14H2,1-3H3/b23-12-. The lowest BCUT2D eigenvalue weighted by atomic mass is 10.2. The molecule has 1 amide bonds. The number of thiocarbonyl (C=S) groups is 1. The molecule has 0 bridgehead atoms. The molecule has 0 unspecified atom stereocenters. The van der Waals surface area contributed by atoms with Crippen molar-refractivity contribution in [3.8, 4) is 11.4 Å². The number of hydrogen-bond acceptors (Lipinski definition) is 4. The molecule has 0 aliphatic carbocycles. The SMILES string of the molecule is CCN1C(=O)/C(=C/c2cc(C)n(-c3ccc(OCc4ccc(Cl)cc4Cl)cc3)c2C)SC1=S. The summed E-state index contributed by atoms with van der Waals surface area (Å²) in [5.74, 6) is 0.718. The maximum Gasteiger partial charge on any atom is 0.266 e. The Morgan fingerprint density at radius 1 is 1.09 bits per heavy atom. The highest BCUT2D eigenvalue weighted by atomic mass is 35.5. The molecule has 4 nitrogen and oxygen atoms in total. The third-order valence-electron chi connectivity index (χ3n) is 5.45. The molecule has 4 rings (SSSR count). The quantitative estimate of drug-likeness (QED) is 0.256. The Morgan fingerprint density at radius 3 is 2.45 bits per heavy atom. The van der Waals surface area contributed by atoms with Crippen molar-refractivity contribution in [3.05, 3.63) is 86.0 Å². The lowest BCUT2D eigenvalue weighted by molar-refractivity contribution is -0.121. The number of likely N-dealkylation sites (N-methyl/N-ethyl adjacent to an activating group) is 1. The van der Waals surface area contributed by atoms with Gasteiger partial charge in [0, 0.05) is 39.2 Å². The Bertz CT molecular complexity index is 1270. The van der Waals surface area contributed by atoms with E-state index in [0.717, 1.165) is 34.0 Å². The van der Waals surface area contributed by atoms with Crippen molar-refractivity contribution in [2.45, 2.75) is 27.4 Å². The lowest BCUT2D eigenvalue weighted by Gasteiger charge is -2.12. The Morgan fingerprint density at radius 2 is 1.82 bits per heavy atom. The molecule has 1 aliphatic rings. The van der Waals surface area contributed by atoms with Gasteiger partial charge in [-0.1, -0.05) is 53.2 Å². The van der Waals surface area contributed by atoms with Crippen LogP contribution >= 0.6 is 47.2 Å². The molecule has 2 heterocycles. The van der Waals surface area contributed by atoms with E-state index in [-0.39, 0.29) is 5.91 Å². The van der Waals surface area contributed by atoms with Crippen molar-refractivity contribution in [2.24, 2.45) is 0 Å². The van der Waals surface area contributed by atoms with Gasteiger partial charge in [0.05, 0.1) is 4.91 Å². The number of aryl methyl sites for hydroxylation is 1. The van der Waals surface area contributed by atoms with Gasteiger partial charge in [0.2, 0.25) is 0 Å². The van der Waals surface area contributed by atoms with Crippen molar-refractivity contribution >= 4 is 63.5 Å². The second kappa shape index (κ2) is 9.94. The smallest absolute Gasteiger partial charge is 0.266 e. The van der Waals surface area contributed by atoms with E-state index in [1.54, 1.807) is 17.0 Å². The molecule has 170 valence electrons. The van der Waals surface area contributed by atoms with Crippen molar-refractivity contribution in [1.29, 1.82) is 0 Å². The summed E-state index contributed by atoms with van der Waals surface area (Å²) in [7, 11) is 0. The molecule has 8 heteroatoms. The fourth-order valence-electron chi connectivity index (χ4n) is 3.74. The number of hydrogen-bond donors (Lipinski definition) is 0. The first kappa shape index (κ1) is 23.9. The molecule has 3 aromatic rings. The van der Waals surface area contributed by atoms with Gasteiger partial charge in [-0.3, -0.25) is 9.69 Å². The number of rotatable bonds is 6. The summed E-state index contributed by atoms with van der Waals surface area (Å²) >= 11 is 18.9. The van der Waals surface area contributed by atoms with Crippen LogP contribution in [0.4, 0.5) is 0 Å². The fraction of sp³-hybridized carbons (Fsp3) is 0.200. The molecule has 1 saturated heterocycles. The van der Waals surface area contributed by atoms with Crippen molar-refractivity contribution < 1.29 is 9.53 Å². The maximum atomic E-state index is 12.6. The molecule has 0 atom stereocenters. The summed E-state index contributed by atoms with van der Waals surface area (Å²) in [6.07, 6.45) is 1.93. The van der Waals surface area contributed by atoms with Crippen LogP contribution in [-0.4, -0.2) is 26.2 Å². The summed E-state index contributed by atoms with van der Waals surface area (Å²) in [5.41, 5.74) is 5.02. The number of ether oxygens (including phenoxy) is 1. The van der Waals surface area contributed by atoms with Gasteiger partial charge >= 0.3 is 0 Å². The van der Waals surface area contributed by atoms with Gasteiger partial charge in [-0.2, -0.15) is 0 Å². The molecule has 0 spiro atoms. The van der Waals surface area contributed by atoms with Gasteiger partial charge < -0.3 is 9.30 Å². The number of carbonyl (C=O) groups is 1. The number of aromatic nitrogens is 1. The van der Waals surface area contributed by atoms with E-state index >= 15 is 0 Å². The number of thioether (sulfide) groups is 1. The van der Waals surface area contributed by atoms with Gasteiger partial charge in [0.25, 0.3) is 5.91 Å². The number of nitrogens with zero attached hydrogens (tertiary/aromatic N) is 2. The van der Waals surface area contributed by atoms with Crippen LogP contribution in [-0.2, 0) is 11.4 Å². The van der Waals surface area contributed by atoms with E-state index in [0.29, 0.717) is 32.4 Å². The van der Waals surface area contributed by atoms with Crippen molar-refractivity contribution in [2.75, 3.05) is 6.54 Å². The average molecular weight is 518 g/mol. The Labute approximate surface area is 213 Å². The topological polar surface area (TPSA) is 34.5 Å². The molecule has 33 heavy (non-hydrogen) atoms. The van der Waals surface area contributed by atoms with Crippen LogP contribution in [0, 0.1) is 13.8 Å². The van der Waals surface area contributed by atoms with Crippen LogP contribution in [0.5, 0.6) is 5.75 Å². The van der Waals surface area contributed by atoms with Crippen LogP contribution in [0.15, 0.2) is 53.4 Å². The molecular weight excluding hydrogens is 495 g/mol. The van der Waals surface area contributed by atoms with E-state index in [2.05, 4.69) is 17.6 Å². The molecule has 2 aromatic carbocycles. The third kappa shape index (κ3) is 4.99. The summed E-state index contributed by atoms with van der Waals surface area (Å²) in [6.45, 7) is 6.97. The summed E-state index contributed by atoms with van der Waals surface area (Å²) in [4.78, 5) is 14.9. The minimum Gasteiger partial charge on any atom is -0.489 e. The third-order valence-corrected chi connectivity index (χ3v) is 7.42. The number of halogens is 2. The minimum atomic E-state index is -0.0282. The van der Waals surface area contributed by atoms with E-state index in [1.807, 2.05) is 50.3 Å². The van der Waals surface area contributed by atoms with Crippen LogP contribution in [0.25, 0.3) is 11.8 Å². The van der Waals surface area contributed by atoms with Gasteiger partial charge in [-0.05, 0) is 74.9 Å². The zero-order valence-electron chi connectivity index (χ0n) is 18.4. The predicted molar refractivity (Wildman–Crippen MR) is 142 cm³/mol. The summed E-state index contributed by atoms with van der Waals surface area (Å²) in [6, 6.07) is 15.3. The lowest BCUT2D eigenvalue weighted by Crippen LogP contribution is -2.27. The zero-order chi connectivity index (χ0) is 23.7. The Hall–Kier alpha value is -2.25. The first-order valence-corrected chi connectivity index (χ1v) is 12.4. The van der Waals surface area contributed by atoms with Crippen LogP contribution in [0.1, 0.15) is 29.4 Å². The van der Waals surface area contributed by atoms with Crippen molar-refractivity contribution in [3.63, 3.8) is 0 Å². The highest BCUT2D eigenvalue weighted by Crippen LogP contribution is 2.34. The molecular formula is C25H22Cl2N2O2S2. The fourth-order valence-corrected chi connectivity index (χ4v) is 5.57. The molecule has 0 saturated carbocycles. The van der Waals surface area contributed by atoms with Gasteiger partial charge in [-0.25, -0.2) is 0 Å². The zero-order valence-corrected chi connectivity index (χ0v) is 21.5. The number of amides is 1. The normalized spacial score (nSPS) is 15.1. The monoisotopic (exact) mass is 516 g/mol. The molecule has 0 N–H and O–H groups in total. The second-order valence-electron chi connectivity index (χ2n) is 7.61. The molecule has 1 aliphatic heterocycles. The number of carbonyl (C=O) groups excluding carboxylic acids is 1. The second-order valence-corrected chi connectivity index (χ2v) is 10.1. The summed E-state index contributed by atoms with van der Waals surface area (Å²) in [5, 5.41) is 1.18. The summed E-state index contributed by atoms with van der Waals surface area (Å²) < 4.78 is 8.67. The van der Waals surface area contributed by atoms with E-state index in [1.165, 1.54) is 11.8 Å².